The third kappa shape index (κ3) is 4.06. The molecule has 0 unspecified atom stereocenters. The van der Waals surface area contributed by atoms with Crippen LogP contribution in [0.1, 0.15) is 11.6 Å². The topological polar surface area (TPSA) is 38.7 Å². The van der Waals surface area contributed by atoms with E-state index in [0.717, 1.165) is 0 Å². The van der Waals surface area contributed by atoms with Gasteiger partial charge in [0.2, 0.25) is 11.6 Å². The maximum atomic E-state index is 12.5. The van der Waals surface area contributed by atoms with Gasteiger partial charge in [-0.2, -0.15) is 36.3 Å². The summed E-state index contributed by atoms with van der Waals surface area (Å²) < 4.78 is 75.3. The maximum absolute atomic E-state index is 12.5. The highest BCUT2D eigenvalue weighted by molar-refractivity contribution is 7.99. The van der Waals surface area contributed by atoms with Crippen molar-refractivity contribution >= 4 is 11.8 Å². The second-order valence-electron chi connectivity index (χ2n) is 3.68. The highest BCUT2D eigenvalue weighted by Gasteiger charge is 2.41. The average molecular weight is 325 g/mol. The van der Waals surface area contributed by atoms with Crippen molar-refractivity contribution < 1.29 is 26.3 Å². The van der Waals surface area contributed by atoms with Crippen molar-refractivity contribution in [3.05, 3.63) is 42.0 Å². The summed E-state index contributed by atoms with van der Waals surface area (Å²) in [7, 11) is 0. The van der Waals surface area contributed by atoms with Crippen LogP contribution >= 0.6 is 11.8 Å². The Hall–Kier alpha value is -1.84. The van der Waals surface area contributed by atoms with Gasteiger partial charge in [0.05, 0.1) is 0 Å². The van der Waals surface area contributed by atoms with E-state index in [4.69, 9.17) is 0 Å². The van der Waals surface area contributed by atoms with E-state index < -0.39 is 29.2 Å². The van der Waals surface area contributed by atoms with E-state index in [9.17, 15) is 26.3 Å². The highest BCUT2D eigenvalue weighted by atomic mass is 32.2. The molecule has 0 radical (unpaired) electrons. The molecule has 0 N–H and O–H groups in total. The van der Waals surface area contributed by atoms with Gasteiger partial charge in [-0.1, -0.05) is 18.2 Å². The summed E-state index contributed by atoms with van der Waals surface area (Å²) in [5.74, 6) is -3.74. The number of alkyl halides is 6. The zero-order valence-electron chi connectivity index (χ0n) is 9.90. The summed E-state index contributed by atoms with van der Waals surface area (Å²) in [6, 6.07) is 7.83. The lowest BCUT2D eigenvalue weighted by Gasteiger charge is -2.10. The summed E-state index contributed by atoms with van der Waals surface area (Å²) in [6.07, 6.45) is -10.2. The number of benzene rings is 1. The lowest BCUT2D eigenvalue weighted by molar-refractivity contribution is -0.156. The van der Waals surface area contributed by atoms with Crippen LogP contribution in [0.3, 0.4) is 0 Å². The van der Waals surface area contributed by atoms with E-state index in [1.165, 1.54) is 12.1 Å². The summed E-state index contributed by atoms with van der Waals surface area (Å²) in [5.41, 5.74) is 0. The largest absolute Gasteiger partial charge is 0.451 e. The molecule has 0 saturated carbocycles. The first-order valence-electron chi connectivity index (χ1n) is 5.29. The van der Waals surface area contributed by atoms with E-state index >= 15 is 0 Å². The molecular formula is C11H5F6N3S. The van der Waals surface area contributed by atoms with E-state index in [2.05, 4.69) is 15.0 Å². The van der Waals surface area contributed by atoms with Gasteiger partial charge in [0.1, 0.15) is 0 Å². The fourth-order valence-electron chi connectivity index (χ4n) is 1.25. The zero-order chi connectivity index (χ0) is 15.7. The molecule has 0 aliphatic heterocycles. The van der Waals surface area contributed by atoms with Gasteiger partial charge in [-0.15, -0.1) is 0 Å². The number of nitrogens with zero attached hydrogens (tertiary/aromatic N) is 3. The van der Waals surface area contributed by atoms with Crippen LogP contribution in [0, 0.1) is 0 Å². The minimum atomic E-state index is -5.09. The molecule has 0 amide bonds. The predicted octanol–water partition coefficient (Wildman–Crippen LogP) is 4.06. The molecule has 1 heterocycles. The molecule has 0 spiro atoms. The van der Waals surface area contributed by atoms with E-state index in [1.807, 2.05) is 0 Å². The van der Waals surface area contributed by atoms with Crippen LogP contribution in [0.15, 0.2) is 40.4 Å². The third-order valence-corrected chi connectivity index (χ3v) is 2.95. The van der Waals surface area contributed by atoms with Crippen LogP contribution in [-0.2, 0) is 12.4 Å². The zero-order valence-corrected chi connectivity index (χ0v) is 10.7. The van der Waals surface area contributed by atoms with Gasteiger partial charge < -0.3 is 0 Å². The predicted molar refractivity (Wildman–Crippen MR) is 60.4 cm³/mol. The monoisotopic (exact) mass is 325 g/mol. The fraction of sp³-hybridized carbons (Fsp3) is 0.182. The van der Waals surface area contributed by atoms with Gasteiger partial charge in [0.25, 0.3) is 0 Å². The van der Waals surface area contributed by atoms with Gasteiger partial charge in [0, 0.05) is 4.90 Å². The molecule has 10 heteroatoms. The Balaban J connectivity index is 2.45. The molecule has 0 saturated heterocycles. The van der Waals surface area contributed by atoms with E-state index in [-0.39, 0.29) is 0 Å². The second kappa shape index (κ2) is 5.51. The first kappa shape index (κ1) is 15.5. The van der Waals surface area contributed by atoms with Crippen molar-refractivity contribution in [2.75, 3.05) is 0 Å². The Labute approximate surface area is 118 Å². The summed E-state index contributed by atoms with van der Waals surface area (Å²) >= 11 is 0.586. The maximum Gasteiger partial charge on any atom is 0.451 e. The molecule has 1 aromatic carbocycles. The van der Waals surface area contributed by atoms with E-state index in [0.29, 0.717) is 16.7 Å². The number of hydrogen-bond donors (Lipinski definition) is 0. The summed E-state index contributed by atoms with van der Waals surface area (Å²) in [5, 5.41) is -0.671. The molecule has 2 aromatic rings. The molecule has 1 aromatic heterocycles. The molecule has 0 fully saturated rings. The highest BCUT2D eigenvalue weighted by Crippen LogP contribution is 2.33. The first-order valence-corrected chi connectivity index (χ1v) is 6.11. The number of halogens is 6. The number of aromatic nitrogens is 3. The van der Waals surface area contributed by atoms with Crippen molar-refractivity contribution in [1.29, 1.82) is 0 Å². The standard InChI is InChI=1S/C11H5F6N3S/c12-10(13,14)7-18-8(11(15,16)17)20-9(19-7)21-6-4-2-1-3-5-6/h1-5H. The smallest absolute Gasteiger partial charge is 0.200 e. The molecule has 0 aliphatic carbocycles. The Morgan fingerprint density at radius 3 is 1.62 bits per heavy atom. The Bertz CT molecular complexity index is 594. The van der Waals surface area contributed by atoms with Gasteiger partial charge in [-0.05, 0) is 23.9 Å². The minimum Gasteiger partial charge on any atom is -0.200 e. The molecule has 21 heavy (non-hydrogen) atoms. The SMILES string of the molecule is FC(F)(F)c1nc(Sc2ccccc2)nc(C(F)(F)F)n1. The lowest BCUT2D eigenvalue weighted by Crippen LogP contribution is -2.19. The summed E-state index contributed by atoms with van der Waals surface area (Å²) in [6.45, 7) is 0. The third-order valence-electron chi connectivity index (χ3n) is 2.07. The van der Waals surface area contributed by atoms with Gasteiger partial charge >= 0.3 is 12.4 Å². The normalized spacial score (nSPS) is 12.5. The summed E-state index contributed by atoms with van der Waals surface area (Å²) in [4.78, 5) is 8.90. The van der Waals surface area contributed by atoms with Crippen LogP contribution in [0.5, 0.6) is 0 Å². The van der Waals surface area contributed by atoms with Crippen molar-refractivity contribution in [3.8, 4) is 0 Å². The van der Waals surface area contributed by atoms with Gasteiger partial charge in [-0.3, -0.25) is 0 Å². The van der Waals surface area contributed by atoms with E-state index in [1.54, 1.807) is 18.2 Å². The molecule has 112 valence electrons. The van der Waals surface area contributed by atoms with Crippen LogP contribution in [-0.4, -0.2) is 15.0 Å². The minimum absolute atomic E-state index is 0.407. The van der Waals surface area contributed by atoms with Crippen LogP contribution in [0.4, 0.5) is 26.3 Å². The van der Waals surface area contributed by atoms with Crippen molar-refractivity contribution in [2.24, 2.45) is 0 Å². The van der Waals surface area contributed by atoms with Gasteiger partial charge in [0.15, 0.2) is 5.16 Å². The Morgan fingerprint density at radius 2 is 1.19 bits per heavy atom. The quantitative estimate of drug-likeness (QED) is 0.781. The van der Waals surface area contributed by atoms with Crippen LogP contribution < -0.4 is 0 Å². The average Bonchev–Trinajstić information content (AvgIpc) is 2.37. The number of rotatable bonds is 2. The first-order chi connectivity index (χ1) is 9.66. The second-order valence-corrected chi connectivity index (χ2v) is 4.72. The molecule has 3 nitrogen and oxygen atoms in total. The molecule has 0 bridgehead atoms. The molecule has 0 aliphatic rings. The van der Waals surface area contributed by atoms with Crippen molar-refractivity contribution in [1.82, 2.24) is 15.0 Å². The van der Waals surface area contributed by atoms with Crippen molar-refractivity contribution in [2.45, 2.75) is 22.4 Å². The van der Waals surface area contributed by atoms with Gasteiger partial charge in [-0.25, -0.2) is 4.98 Å². The molecular weight excluding hydrogens is 320 g/mol. The fourth-order valence-corrected chi connectivity index (χ4v) is 2.02. The number of hydrogen-bond acceptors (Lipinski definition) is 4. The van der Waals surface area contributed by atoms with Crippen LogP contribution in [0.25, 0.3) is 0 Å². The Kier molecular flexibility index (Phi) is 4.08. The molecule has 0 atom stereocenters. The van der Waals surface area contributed by atoms with Crippen LogP contribution in [0.2, 0.25) is 0 Å². The lowest BCUT2D eigenvalue weighted by atomic mass is 10.4. The Morgan fingerprint density at radius 1 is 0.714 bits per heavy atom. The molecule has 2 rings (SSSR count). The van der Waals surface area contributed by atoms with Crippen molar-refractivity contribution in [3.63, 3.8) is 0 Å².